The summed E-state index contributed by atoms with van der Waals surface area (Å²) in [5, 5.41) is 6.00. The molecule has 2 N–H and O–H groups in total. The summed E-state index contributed by atoms with van der Waals surface area (Å²) < 4.78 is 23.5. The maximum Gasteiger partial charge on any atom is 0.306 e. The molecule has 0 heterocycles. The van der Waals surface area contributed by atoms with E-state index in [1.54, 1.807) is 7.11 Å². The number of unbranched alkanes of at least 4 members (excludes halogenated alkanes) is 20. The van der Waals surface area contributed by atoms with Crippen molar-refractivity contribution in [1.82, 2.24) is 10.6 Å². The van der Waals surface area contributed by atoms with Crippen LogP contribution in [-0.4, -0.2) is 73.5 Å². The number of rotatable bonds is 39. The molecule has 2 amide bonds. The van der Waals surface area contributed by atoms with Gasteiger partial charge in [0.2, 0.25) is 11.8 Å². The van der Waals surface area contributed by atoms with Crippen LogP contribution in [0.2, 0.25) is 0 Å². The summed E-state index contributed by atoms with van der Waals surface area (Å²) in [7, 11) is 1.71. The Kier molecular flexibility index (Phi) is 32.8. The first-order valence-corrected chi connectivity index (χ1v) is 24.9. The van der Waals surface area contributed by atoms with Gasteiger partial charge in [-0.15, -0.1) is 0 Å². The van der Waals surface area contributed by atoms with Crippen LogP contribution in [0.25, 0.3) is 0 Å². The molecule has 3 unspecified atom stereocenters. The van der Waals surface area contributed by atoms with Crippen LogP contribution in [0.1, 0.15) is 247 Å². The molecule has 0 aliphatic heterocycles. The largest absolute Gasteiger partial charge is 0.458 e. The van der Waals surface area contributed by atoms with E-state index in [9.17, 15) is 19.2 Å². The minimum atomic E-state index is -0.603. The van der Waals surface area contributed by atoms with Gasteiger partial charge in [-0.3, -0.25) is 19.2 Å². The SMILES string of the molecule is CCCCCCCCCCCCCC(=O)OC1CCC(NC(=O)CCC(=O)NCCCC(C)(C)OCCC(C)(C)OC)CC1OC(=O)CCCCCCCCCCCCC. The third-order valence-electron chi connectivity index (χ3n) is 12.2. The summed E-state index contributed by atoms with van der Waals surface area (Å²) in [6, 6.07) is -0.223. The first-order chi connectivity index (χ1) is 28.8. The fraction of sp³-hybridized carbons (Fsp3) is 0.920. The maximum atomic E-state index is 13.0. The van der Waals surface area contributed by atoms with Gasteiger partial charge in [-0.2, -0.15) is 0 Å². The maximum absolute atomic E-state index is 13.0. The van der Waals surface area contributed by atoms with Crippen LogP contribution in [0.15, 0.2) is 0 Å². The molecule has 0 radical (unpaired) electrons. The Hall–Kier alpha value is -2.20. The van der Waals surface area contributed by atoms with Crippen molar-refractivity contribution in [1.29, 1.82) is 0 Å². The number of hydrogen-bond acceptors (Lipinski definition) is 8. The molecule has 0 aromatic heterocycles. The molecular formula is C50H94N2O8. The molecule has 10 heteroatoms. The molecule has 352 valence electrons. The Labute approximate surface area is 368 Å². The topological polar surface area (TPSA) is 129 Å². The predicted molar refractivity (Wildman–Crippen MR) is 245 cm³/mol. The second-order valence-corrected chi connectivity index (χ2v) is 19.0. The molecule has 0 bridgehead atoms. The van der Waals surface area contributed by atoms with Crippen molar-refractivity contribution < 1.29 is 38.1 Å². The summed E-state index contributed by atoms with van der Waals surface area (Å²) in [5.74, 6) is -0.871. The lowest BCUT2D eigenvalue weighted by atomic mass is 9.90. The van der Waals surface area contributed by atoms with Gasteiger partial charge in [0.1, 0.15) is 12.2 Å². The van der Waals surface area contributed by atoms with E-state index in [-0.39, 0.29) is 53.8 Å². The first-order valence-electron chi connectivity index (χ1n) is 24.9. The minimum Gasteiger partial charge on any atom is -0.458 e. The average molecular weight is 851 g/mol. The van der Waals surface area contributed by atoms with Gasteiger partial charge < -0.3 is 29.6 Å². The van der Waals surface area contributed by atoms with Crippen LogP contribution >= 0.6 is 0 Å². The highest BCUT2D eigenvalue weighted by Crippen LogP contribution is 2.27. The molecule has 1 rings (SSSR count). The van der Waals surface area contributed by atoms with Gasteiger partial charge in [0.25, 0.3) is 0 Å². The van der Waals surface area contributed by atoms with E-state index in [1.165, 1.54) is 103 Å². The number of amides is 2. The van der Waals surface area contributed by atoms with Crippen LogP contribution < -0.4 is 10.6 Å². The van der Waals surface area contributed by atoms with E-state index in [2.05, 4.69) is 38.3 Å². The van der Waals surface area contributed by atoms with Crippen molar-refractivity contribution in [3.05, 3.63) is 0 Å². The Morgan fingerprint density at radius 3 is 1.45 bits per heavy atom. The molecule has 3 atom stereocenters. The van der Waals surface area contributed by atoms with Crippen LogP contribution in [0.3, 0.4) is 0 Å². The Morgan fingerprint density at radius 2 is 0.967 bits per heavy atom. The molecule has 60 heavy (non-hydrogen) atoms. The third-order valence-corrected chi connectivity index (χ3v) is 12.2. The molecule has 0 saturated heterocycles. The fourth-order valence-corrected chi connectivity index (χ4v) is 7.92. The lowest BCUT2D eigenvalue weighted by Gasteiger charge is -2.35. The summed E-state index contributed by atoms with van der Waals surface area (Å²) in [6.45, 7) is 13.8. The number of carbonyl (C=O) groups excluding carboxylic acids is 4. The third kappa shape index (κ3) is 31.6. The van der Waals surface area contributed by atoms with Crippen molar-refractivity contribution in [3.63, 3.8) is 0 Å². The van der Waals surface area contributed by atoms with E-state index in [0.717, 1.165) is 57.8 Å². The Balaban J connectivity index is 2.51. The molecule has 0 aromatic rings. The zero-order valence-electron chi connectivity index (χ0n) is 40.0. The summed E-state index contributed by atoms with van der Waals surface area (Å²) >= 11 is 0. The van der Waals surface area contributed by atoms with Crippen molar-refractivity contribution in [2.45, 2.75) is 276 Å². The van der Waals surface area contributed by atoms with Crippen molar-refractivity contribution >= 4 is 23.8 Å². The number of esters is 2. The quantitative estimate of drug-likeness (QED) is 0.0462. The molecule has 0 aromatic carbocycles. The van der Waals surface area contributed by atoms with Crippen LogP contribution in [0.5, 0.6) is 0 Å². The van der Waals surface area contributed by atoms with Gasteiger partial charge in [-0.25, -0.2) is 0 Å². The lowest BCUT2D eigenvalue weighted by molar-refractivity contribution is -0.173. The van der Waals surface area contributed by atoms with Crippen LogP contribution in [-0.2, 0) is 38.1 Å². The molecule has 1 fully saturated rings. The van der Waals surface area contributed by atoms with E-state index >= 15 is 0 Å². The second kappa shape index (κ2) is 35.3. The number of nitrogens with one attached hydrogen (secondary N) is 2. The standard InChI is InChI=1S/C50H94N2O8/c1-8-10-12-14-16-18-20-22-24-26-28-31-47(55)59-43-34-33-42(41-44(43)60-48(56)32-29-27-25-23-21-19-17-15-13-11-9-2)52-46(54)36-35-45(53)51-39-30-37-50(5,6)58-40-38-49(3,4)57-7/h42-44H,8-41H2,1-7H3,(H,51,53)(H,52,54). The van der Waals surface area contributed by atoms with E-state index in [1.807, 2.05) is 13.8 Å². The fourth-order valence-electron chi connectivity index (χ4n) is 7.92. The monoisotopic (exact) mass is 851 g/mol. The molecule has 1 aliphatic rings. The normalized spacial score (nSPS) is 17.0. The van der Waals surface area contributed by atoms with Crippen molar-refractivity contribution in [2.24, 2.45) is 0 Å². The zero-order valence-corrected chi connectivity index (χ0v) is 40.0. The molecule has 0 spiro atoms. The van der Waals surface area contributed by atoms with Gasteiger partial charge in [0.05, 0.1) is 17.8 Å². The van der Waals surface area contributed by atoms with Crippen LogP contribution in [0.4, 0.5) is 0 Å². The van der Waals surface area contributed by atoms with Gasteiger partial charge in [-0.1, -0.05) is 142 Å². The number of carbonyl (C=O) groups is 4. The van der Waals surface area contributed by atoms with Gasteiger partial charge >= 0.3 is 11.9 Å². The highest BCUT2D eigenvalue weighted by molar-refractivity contribution is 5.83. The minimum absolute atomic E-state index is 0.0763. The lowest BCUT2D eigenvalue weighted by Crippen LogP contribution is -2.48. The smallest absolute Gasteiger partial charge is 0.306 e. The van der Waals surface area contributed by atoms with Gasteiger partial charge in [-0.05, 0) is 72.6 Å². The average Bonchev–Trinajstić information content (AvgIpc) is 3.20. The summed E-state index contributed by atoms with van der Waals surface area (Å²) in [6.07, 6.45) is 30.3. The van der Waals surface area contributed by atoms with E-state index < -0.39 is 12.2 Å². The van der Waals surface area contributed by atoms with Crippen molar-refractivity contribution in [2.75, 3.05) is 20.3 Å². The summed E-state index contributed by atoms with van der Waals surface area (Å²) in [4.78, 5) is 51.5. The number of hydrogen-bond donors (Lipinski definition) is 2. The number of ether oxygens (including phenoxy) is 4. The number of methoxy groups -OCH3 is 1. The first kappa shape index (κ1) is 55.8. The zero-order chi connectivity index (χ0) is 44.3. The van der Waals surface area contributed by atoms with Gasteiger partial charge in [0, 0.05) is 51.8 Å². The van der Waals surface area contributed by atoms with Crippen LogP contribution in [0, 0.1) is 0 Å². The summed E-state index contributed by atoms with van der Waals surface area (Å²) in [5.41, 5.74) is -0.534. The van der Waals surface area contributed by atoms with E-state index in [4.69, 9.17) is 18.9 Å². The van der Waals surface area contributed by atoms with E-state index in [0.29, 0.717) is 45.3 Å². The highest BCUT2D eigenvalue weighted by atomic mass is 16.6. The molecule has 10 nitrogen and oxygen atoms in total. The molecular weight excluding hydrogens is 757 g/mol. The molecule has 1 aliphatic carbocycles. The van der Waals surface area contributed by atoms with Crippen molar-refractivity contribution in [3.8, 4) is 0 Å². The molecule has 1 saturated carbocycles. The second-order valence-electron chi connectivity index (χ2n) is 19.0. The highest BCUT2D eigenvalue weighted by Gasteiger charge is 2.36. The van der Waals surface area contributed by atoms with Gasteiger partial charge in [0.15, 0.2) is 0 Å². The predicted octanol–water partition coefficient (Wildman–Crippen LogP) is 12.2. The Bertz CT molecular complexity index is 1110. The Morgan fingerprint density at radius 1 is 0.517 bits per heavy atom.